The molecule has 142 valence electrons. The van der Waals surface area contributed by atoms with Crippen LogP contribution in [0.3, 0.4) is 0 Å². The van der Waals surface area contributed by atoms with Crippen molar-refractivity contribution in [2.45, 2.75) is 39.8 Å². The topological polar surface area (TPSA) is 38.2 Å². The molecule has 7 heteroatoms. The molecule has 0 bridgehead atoms. The number of para-hydroxylation sites is 1. The summed E-state index contributed by atoms with van der Waals surface area (Å²) in [6, 6.07) is 7.34. The molecule has 0 amide bonds. The fourth-order valence-corrected chi connectivity index (χ4v) is 2.56. The average molecular weight is 367 g/mol. The molecule has 0 N–H and O–H groups in total. The maximum atomic E-state index is 13.5. The van der Waals surface area contributed by atoms with Crippen molar-refractivity contribution in [2.75, 3.05) is 18.6 Å². The van der Waals surface area contributed by atoms with Crippen LogP contribution in [0.5, 0.6) is 6.01 Å². The molecule has 0 aliphatic heterocycles. The Labute approximate surface area is 152 Å². The van der Waals surface area contributed by atoms with Gasteiger partial charge in [-0.1, -0.05) is 45.4 Å². The lowest BCUT2D eigenvalue weighted by Gasteiger charge is -2.24. The summed E-state index contributed by atoms with van der Waals surface area (Å²) in [5.74, 6) is 0.00200. The van der Waals surface area contributed by atoms with E-state index in [0.29, 0.717) is 12.3 Å². The van der Waals surface area contributed by atoms with Crippen LogP contribution in [0, 0.1) is 5.92 Å². The van der Waals surface area contributed by atoms with E-state index >= 15 is 0 Å². The quantitative estimate of drug-likeness (QED) is 0.670. The van der Waals surface area contributed by atoms with Crippen molar-refractivity contribution in [3.05, 3.63) is 41.6 Å². The predicted molar refractivity (Wildman–Crippen MR) is 95.9 cm³/mol. The molecule has 0 radical (unpaired) electrons. The van der Waals surface area contributed by atoms with Crippen molar-refractivity contribution in [3.8, 4) is 6.01 Å². The zero-order chi connectivity index (χ0) is 19.3. The van der Waals surface area contributed by atoms with Crippen molar-refractivity contribution >= 4 is 11.5 Å². The fourth-order valence-electron chi connectivity index (χ4n) is 2.56. The number of hydrogen-bond donors (Lipinski definition) is 0. The first-order valence-electron chi connectivity index (χ1n) is 8.62. The monoisotopic (exact) mass is 367 g/mol. The Balaban J connectivity index is 2.49. The number of ether oxygens (including phenoxy) is 1. The van der Waals surface area contributed by atoms with Crippen LogP contribution in [0.4, 0.5) is 24.7 Å². The van der Waals surface area contributed by atoms with E-state index in [9.17, 15) is 13.2 Å². The van der Waals surface area contributed by atoms with Crippen LogP contribution in [0.15, 0.2) is 30.5 Å². The van der Waals surface area contributed by atoms with E-state index in [0.717, 1.165) is 24.6 Å². The van der Waals surface area contributed by atoms with Crippen LogP contribution in [0.2, 0.25) is 0 Å². The highest BCUT2D eigenvalue weighted by molar-refractivity contribution is 5.66. The second-order valence-electron chi connectivity index (χ2n) is 6.53. The van der Waals surface area contributed by atoms with Gasteiger partial charge in [0.15, 0.2) is 5.82 Å². The highest BCUT2D eigenvalue weighted by Crippen LogP contribution is 2.38. The summed E-state index contributed by atoms with van der Waals surface area (Å²) in [7, 11) is 1.58. The first-order valence-corrected chi connectivity index (χ1v) is 8.62. The highest BCUT2D eigenvalue weighted by Gasteiger charge is 2.37. The summed E-state index contributed by atoms with van der Waals surface area (Å²) in [6.45, 7) is 6.25. The standard InChI is InChI=1S/C19H24F3N3O/c1-5-8-14-9-6-7-10-16(14)25(4)17-15(19(20,21)22)11-23-18(24-17)26-12-13(2)3/h6-7,9-11,13H,5,8,12H2,1-4H3. The third-order valence-electron chi connectivity index (χ3n) is 3.79. The Hall–Kier alpha value is -2.31. The minimum absolute atomic E-state index is 0.0541. The van der Waals surface area contributed by atoms with E-state index in [4.69, 9.17) is 4.74 Å². The Bertz CT molecular complexity index is 732. The second kappa shape index (κ2) is 8.38. The zero-order valence-corrected chi connectivity index (χ0v) is 15.5. The van der Waals surface area contributed by atoms with Crippen molar-refractivity contribution in [3.63, 3.8) is 0 Å². The van der Waals surface area contributed by atoms with Gasteiger partial charge in [-0.15, -0.1) is 0 Å². The van der Waals surface area contributed by atoms with Gasteiger partial charge in [0.2, 0.25) is 0 Å². The minimum atomic E-state index is -4.56. The van der Waals surface area contributed by atoms with Crippen molar-refractivity contribution in [2.24, 2.45) is 5.92 Å². The van der Waals surface area contributed by atoms with Crippen LogP contribution < -0.4 is 9.64 Å². The summed E-state index contributed by atoms with van der Waals surface area (Å²) in [5.41, 5.74) is 0.769. The number of aryl methyl sites for hydroxylation is 1. The van der Waals surface area contributed by atoms with Gasteiger partial charge in [-0.05, 0) is 24.0 Å². The third-order valence-corrected chi connectivity index (χ3v) is 3.79. The maximum absolute atomic E-state index is 13.5. The summed E-state index contributed by atoms with van der Waals surface area (Å²) >= 11 is 0. The lowest BCUT2D eigenvalue weighted by molar-refractivity contribution is -0.137. The van der Waals surface area contributed by atoms with E-state index < -0.39 is 11.7 Å². The first kappa shape index (κ1) is 20.0. The van der Waals surface area contributed by atoms with Gasteiger partial charge >= 0.3 is 12.2 Å². The predicted octanol–water partition coefficient (Wildman–Crippen LogP) is 5.25. The number of anilines is 2. The smallest absolute Gasteiger partial charge is 0.421 e. The molecule has 26 heavy (non-hydrogen) atoms. The van der Waals surface area contributed by atoms with E-state index in [-0.39, 0.29) is 17.7 Å². The number of nitrogens with zero attached hydrogens (tertiary/aromatic N) is 3. The molecule has 0 fully saturated rings. The largest absolute Gasteiger partial charge is 0.463 e. The molecule has 0 aliphatic rings. The van der Waals surface area contributed by atoms with Crippen molar-refractivity contribution in [1.82, 2.24) is 9.97 Å². The van der Waals surface area contributed by atoms with E-state index in [1.165, 1.54) is 4.90 Å². The second-order valence-corrected chi connectivity index (χ2v) is 6.53. The van der Waals surface area contributed by atoms with Gasteiger partial charge in [-0.2, -0.15) is 18.2 Å². The Kier molecular flexibility index (Phi) is 6.45. The molecule has 4 nitrogen and oxygen atoms in total. The molecule has 2 aromatic rings. The maximum Gasteiger partial charge on any atom is 0.421 e. The van der Waals surface area contributed by atoms with Gasteiger partial charge in [0.25, 0.3) is 0 Å². The molecule has 0 saturated heterocycles. The van der Waals surface area contributed by atoms with Crippen molar-refractivity contribution < 1.29 is 17.9 Å². The van der Waals surface area contributed by atoms with Crippen LogP contribution in [-0.4, -0.2) is 23.6 Å². The van der Waals surface area contributed by atoms with Crippen LogP contribution in [-0.2, 0) is 12.6 Å². The lowest BCUT2D eigenvalue weighted by Crippen LogP contribution is -2.20. The van der Waals surface area contributed by atoms with Gasteiger partial charge in [0, 0.05) is 18.9 Å². The fraction of sp³-hybridized carbons (Fsp3) is 0.474. The lowest BCUT2D eigenvalue weighted by atomic mass is 10.1. The molecule has 0 aliphatic carbocycles. The number of aromatic nitrogens is 2. The Morgan fingerprint density at radius 3 is 2.50 bits per heavy atom. The molecule has 0 atom stereocenters. The average Bonchev–Trinajstić information content (AvgIpc) is 2.59. The summed E-state index contributed by atoms with van der Waals surface area (Å²) in [5, 5.41) is 0. The number of rotatable bonds is 7. The van der Waals surface area contributed by atoms with Gasteiger partial charge in [-0.3, -0.25) is 0 Å². The zero-order valence-electron chi connectivity index (χ0n) is 15.5. The molecule has 2 rings (SSSR count). The van der Waals surface area contributed by atoms with Gasteiger partial charge < -0.3 is 9.64 Å². The number of hydrogen-bond acceptors (Lipinski definition) is 4. The molecule has 0 unspecified atom stereocenters. The van der Waals surface area contributed by atoms with Crippen LogP contribution in [0.1, 0.15) is 38.3 Å². The van der Waals surface area contributed by atoms with Crippen LogP contribution in [0.25, 0.3) is 0 Å². The summed E-state index contributed by atoms with van der Waals surface area (Å²) in [4.78, 5) is 9.25. The SMILES string of the molecule is CCCc1ccccc1N(C)c1nc(OCC(C)C)ncc1C(F)(F)F. The van der Waals surface area contributed by atoms with Gasteiger partial charge in [0.05, 0.1) is 6.61 Å². The number of halogens is 3. The third kappa shape index (κ3) is 4.86. The van der Waals surface area contributed by atoms with Gasteiger partial charge in [-0.25, -0.2) is 4.98 Å². The highest BCUT2D eigenvalue weighted by atomic mass is 19.4. The molecule has 0 saturated carbocycles. The Morgan fingerprint density at radius 1 is 1.19 bits per heavy atom. The van der Waals surface area contributed by atoms with Crippen LogP contribution >= 0.6 is 0 Å². The summed E-state index contributed by atoms with van der Waals surface area (Å²) < 4.78 is 45.8. The Morgan fingerprint density at radius 2 is 1.88 bits per heavy atom. The molecule has 1 heterocycles. The van der Waals surface area contributed by atoms with E-state index in [2.05, 4.69) is 9.97 Å². The molecule has 1 aromatic carbocycles. The number of benzene rings is 1. The number of alkyl halides is 3. The minimum Gasteiger partial charge on any atom is -0.463 e. The van der Waals surface area contributed by atoms with Gasteiger partial charge in [0.1, 0.15) is 5.56 Å². The first-order chi connectivity index (χ1) is 12.2. The molecular weight excluding hydrogens is 343 g/mol. The van der Waals surface area contributed by atoms with E-state index in [1.807, 2.05) is 32.9 Å². The van der Waals surface area contributed by atoms with E-state index in [1.54, 1.807) is 19.2 Å². The normalized spacial score (nSPS) is 11.7. The molecular formula is C19H24F3N3O. The van der Waals surface area contributed by atoms with Crippen molar-refractivity contribution in [1.29, 1.82) is 0 Å². The molecule has 1 aromatic heterocycles. The molecule has 0 spiro atoms. The summed E-state index contributed by atoms with van der Waals surface area (Å²) in [6.07, 6.45) is -2.11.